The van der Waals surface area contributed by atoms with E-state index < -0.39 is 23.7 Å². The highest BCUT2D eigenvalue weighted by molar-refractivity contribution is 7.84. The van der Waals surface area contributed by atoms with E-state index in [4.69, 9.17) is 4.74 Å². The summed E-state index contributed by atoms with van der Waals surface area (Å²) in [5, 5.41) is 1.58. The maximum atomic E-state index is 13.8. The molecule has 0 radical (unpaired) electrons. The van der Waals surface area contributed by atoms with Crippen molar-refractivity contribution in [1.82, 2.24) is 4.72 Å². The maximum Gasteiger partial charge on any atom is 0.126 e. The largest absolute Gasteiger partial charge is 0.496 e. The molecule has 0 heterocycles. The fraction of sp³-hybridized carbons (Fsp3) is 0.647. The van der Waals surface area contributed by atoms with Crippen LogP contribution in [0.25, 0.3) is 0 Å². The van der Waals surface area contributed by atoms with Crippen LogP contribution >= 0.6 is 7.92 Å². The van der Waals surface area contributed by atoms with E-state index in [-0.39, 0.29) is 27.2 Å². The van der Waals surface area contributed by atoms with Crippen molar-refractivity contribution in [2.45, 2.75) is 136 Å². The van der Waals surface area contributed by atoms with E-state index in [1.165, 1.54) is 22.0 Å². The Morgan fingerprint density at radius 3 is 1.54 bits per heavy atom. The second-order valence-electron chi connectivity index (χ2n) is 15.8. The Bertz CT molecular complexity index is 1120. The summed E-state index contributed by atoms with van der Waals surface area (Å²) in [4.78, 5) is 0. The molecule has 0 unspecified atom stereocenters. The summed E-state index contributed by atoms with van der Waals surface area (Å²) in [6, 6.07) is 13.2. The first-order valence-corrected chi connectivity index (χ1v) is 16.7. The van der Waals surface area contributed by atoms with Gasteiger partial charge in [0.25, 0.3) is 0 Å². The van der Waals surface area contributed by atoms with Crippen LogP contribution in [0.15, 0.2) is 36.4 Å². The van der Waals surface area contributed by atoms with Crippen LogP contribution < -0.4 is 14.8 Å². The number of hydrogen-bond acceptors (Lipinski definition) is 2. The van der Waals surface area contributed by atoms with Gasteiger partial charge in [0.05, 0.1) is 28.9 Å². The Morgan fingerprint density at radius 2 is 1.18 bits per heavy atom. The smallest absolute Gasteiger partial charge is 0.126 e. The molecule has 0 fully saturated rings. The highest BCUT2D eigenvalue weighted by Crippen LogP contribution is 2.59. The lowest BCUT2D eigenvalue weighted by atomic mass is 9.77. The van der Waals surface area contributed by atoms with Crippen LogP contribution in [-0.4, -0.2) is 26.4 Å². The molecule has 2 aromatic rings. The van der Waals surface area contributed by atoms with Crippen LogP contribution in [-0.2, 0) is 21.8 Å². The average molecular weight is 574 g/mol. The fourth-order valence-electron chi connectivity index (χ4n) is 5.41. The molecule has 39 heavy (non-hydrogen) atoms. The van der Waals surface area contributed by atoms with Gasteiger partial charge < -0.3 is 4.74 Å². The van der Waals surface area contributed by atoms with Crippen LogP contribution in [0.4, 0.5) is 0 Å². The van der Waals surface area contributed by atoms with Crippen molar-refractivity contribution in [2.24, 2.45) is 0 Å². The van der Waals surface area contributed by atoms with Crippen LogP contribution in [0.2, 0.25) is 0 Å². The lowest BCUT2D eigenvalue weighted by Crippen LogP contribution is -2.39. The van der Waals surface area contributed by atoms with Gasteiger partial charge in [-0.2, -0.15) is 0 Å². The normalized spacial score (nSPS) is 15.4. The third kappa shape index (κ3) is 8.17. The second-order valence-corrected chi connectivity index (χ2v) is 21.7. The zero-order chi connectivity index (χ0) is 30.4. The Labute approximate surface area is 244 Å². The maximum absolute atomic E-state index is 13.8. The first-order valence-electron chi connectivity index (χ1n) is 14.2. The van der Waals surface area contributed by atoms with Crippen LogP contribution in [0.3, 0.4) is 0 Å². The molecule has 0 saturated heterocycles. The lowest BCUT2D eigenvalue weighted by molar-refractivity contribution is 0.381. The molecule has 0 aliphatic heterocycles. The third-order valence-corrected chi connectivity index (χ3v) is 12.0. The zero-order valence-corrected chi connectivity index (χ0v) is 29.4. The first-order chi connectivity index (χ1) is 17.4. The van der Waals surface area contributed by atoms with Crippen LogP contribution in [0, 0.1) is 0 Å². The van der Waals surface area contributed by atoms with Gasteiger partial charge in [-0.25, -0.2) is 8.93 Å². The van der Waals surface area contributed by atoms with E-state index in [0.717, 1.165) is 11.3 Å². The monoisotopic (exact) mass is 573 g/mol. The molecule has 0 amide bonds. The van der Waals surface area contributed by atoms with Gasteiger partial charge in [0, 0.05) is 11.1 Å². The summed E-state index contributed by atoms with van der Waals surface area (Å²) in [7, 11) is -0.0601. The van der Waals surface area contributed by atoms with E-state index >= 15 is 0 Å². The van der Waals surface area contributed by atoms with Gasteiger partial charge >= 0.3 is 0 Å². The molecular weight excluding hydrogens is 517 g/mol. The SMILES string of the molecule is COc1c(C(C)(C)C)cc([C@@H](N[S@](=O)C(C)(C)C)c2ccccc2P(C(C)(C)C)C(C)(C)C)cc1C(C)(C)C. The predicted octanol–water partition coefficient (Wildman–Crippen LogP) is 9.14. The highest BCUT2D eigenvalue weighted by atomic mass is 32.2. The van der Waals surface area contributed by atoms with Crippen molar-refractivity contribution in [1.29, 1.82) is 0 Å². The van der Waals surface area contributed by atoms with E-state index in [2.05, 4.69) is 124 Å². The number of ether oxygens (including phenoxy) is 1. The molecule has 3 nitrogen and oxygen atoms in total. The number of rotatable bonds is 6. The van der Waals surface area contributed by atoms with Crippen LogP contribution in [0.1, 0.15) is 132 Å². The molecule has 0 aromatic heterocycles. The number of benzene rings is 2. The summed E-state index contributed by atoms with van der Waals surface area (Å²) in [6.45, 7) is 33.7. The van der Waals surface area contributed by atoms with Gasteiger partial charge in [-0.1, -0.05) is 115 Å². The fourth-order valence-corrected chi connectivity index (χ4v) is 10.4. The summed E-state index contributed by atoms with van der Waals surface area (Å²) in [5.41, 5.74) is 4.44. The molecule has 1 N–H and O–H groups in total. The van der Waals surface area contributed by atoms with Gasteiger partial charge in [0.15, 0.2) is 0 Å². The Kier molecular flexibility index (Phi) is 10.1. The van der Waals surface area contributed by atoms with Crippen molar-refractivity contribution < 1.29 is 8.95 Å². The van der Waals surface area contributed by atoms with Gasteiger partial charge in [0.1, 0.15) is 5.75 Å². The number of hydrogen-bond donors (Lipinski definition) is 1. The van der Waals surface area contributed by atoms with Gasteiger partial charge in [-0.3, -0.25) is 0 Å². The molecule has 2 aromatic carbocycles. The van der Waals surface area contributed by atoms with Gasteiger partial charge in [-0.15, -0.1) is 0 Å². The molecule has 2 rings (SSSR count). The summed E-state index contributed by atoms with van der Waals surface area (Å²) in [6.07, 6.45) is 0. The predicted molar refractivity (Wildman–Crippen MR) is 176 cm³/mol. The van der Waals surface area contributed by atoms with Gasteiger partial charge in [-0.05, 0) is 70.5 Å². The minimum atomic E-state index is -1.27. The molecule has 0 spiro atoms. The molecular formula is C34H56NO2PS. The summed E-state index contributed by atoms with van der Waals surface area (Å²) < 4.78 is 23.1. The molecule has 0 aliphatic carbocycles. The molecule has 0 saturated carbocycles. The molecule has 220 valence electrons. The minimum absolute atomic E-state index is 0.102. The highest BCUT2D eigenvalue weighted by Gasteiger charge is 2.39. The standard InChI is InChI=1S/C34H56NO2PS/c1-30(2,3)25-21-23(22-26(29(25)37-16)31(4,5)6)28(35-39(36)34(13,14)15)24-19-17-18-20-27(24)38(32(7,8)9)33(10,11)12/h17-22,28,35H,1-16H3/t28-,39-/m1/s1. The Morgan fingerprint density at radius 1 is 0.744 bits per heavy atom. The molecule has 2 atom stereocenters. The van der Waals surface area contributed by atoms with Crippen molar-refractivity contribution >= 4 is 24.2 Å². The van der Waals surface area contributed by atoms with Crippen molar-refractivity contribution in [2.75, 3.05) is 7.11 Å². The molecule has 5 heteroatoms. The van der Waals surface area contributed by atoms with E-state index in [1.54, 1.807) is 7.11 Å². The molecule has 0 bridgehead atoms. The van der Waals surface area contributed by atoms with E-state index in [0.29, 0.717) is 0 Å². The summed E-state index contributed by atoms with van der Waals surface area (Å²) >= 11 is 0. The van der Waals surface area contributed by atoms with Crippen molar-refractivity contribution in [3.05, 3.63) is 58.7 Å². The zero-order valence-electron chi connectivity index (χ0n) is 27.7. The lowest BCUT2D eigenvalue weighted by Gasteiger charge is -2.43. The first kappa shape index (κ1) is 34.0. The third-order valence-electron chi connectivity index (χ3n) is 6.88. The van der Waals surface area contributed by atoms with Crippen molar-refractivity contribution in [3.63, 3.8) is 0 Å². The number of methoxy groups -OCH3 is 1. The van der Waals surface area contributed by atoms with Crippen LogP contribution in [0.5, 0.6) is 5.75 Å². The minimum Gasteiger partial charge on any atom is -0.496 e. The Hall–Kier alpha value is -1.22. The summed E-state index contributed by atoms with van der Waals surface area (Å²) in [5.74, 6) is 0.953. The topological polar surface area (TPSA) is 38.3 Å². The Balaban J connectivity index is 3.05. The van der Waals surface area contributed by atoms with E-state index in [1.807, 2.05) is 20.8 Å². The second kappa shape index (κ2) is 11.6. The average Bonchev–Trinajstić information content (AvgIpc) is 2.73. The quantitative estimate of drug-likeness (QED) is 0.350. The molecule has 0 aliphatic rings. The van der Waals surface area contributed by atoms with E-state index in [9.17, 15) is 4.21 Å². The van der Waals surface area contributed by atoms with Crippen molar-refractivity contribution in [3.8, 4) is 5.75 Å². The number of nitrogens with one attached hydrogen (secondary N) is 1. The van der Waals surface area contributed by atoms with Gasteiger partial charge in [0.2, 0.25) is 0 Å².